The molecule has 41 heavy (non-hydrogen) atoms. The third-order valence-corrected chi connectivity index (χ3v) is 9.10. The number of aromatic nitrogens is 2. The van der Waals surface area contributed by atoms with Gasteiger partial charge in [0.05, 0.1) is 22.3 Å². The molecule has 6 nitrogen and oxygen atoms in total. The second kappa shape index (κ2) is 10.8. The molecule has 0 atom stereocenters. The number of benzene rings is 2. The van der Waals surface area contributed by atoms with Crippen LogP contribution in [0.4, 0.5) is 24.5 Å². The minimum absolute atomic E-state index is 0.274. The van der Waals surface area contributed by atoms with Crippen LogP contribution in [0.5, 0.6) is 0 Å². The number of nitrogens with zero attached hydrogens (tertiary/aromatic N) is 6. The van der Waals surface area contributed by atoms with Crippen LogP contribution in [0.25, 0.3) is 27.8 Å². The maximum atomic E-state index is 14.4. The van der Waals surface area contributed by atoms with Crippen molar-refractivity contribution in [3.8, 4) is 11.1 Å². The molecule has 2 aromatic heterocycles. The van der Waals surface area contributed by atoms with Gasteiger partial charge in [0.1, 0.15) is 5.65 Å². The average molecular weight is 565 g/mol. The number of para-hydroxylation sites is 1. The Labute approximate surface area is 240 Å². The number of imidazole rings is 1. The summed E-state index contributed by atoms with van der Waals surface area (Å²) in [5, 5.41) is 0. The molecule has 0 bridgehead atoms. The Bertz CT molecular complexity index is 1530. The molecule has 0 radical (unpaired) electrons. The Kier molecular flexibility index (Phi) is 7.36. The van der Waals surface area contributed by atoms with E-state index in [9.17, 15) is 13.2 Å². The zero-order valence-electron chi connectivity index (χ0n) is 24.3. The lowest BCUT2D eigenvalue weighted by molar-refractivity contribution is -0.137. The molecule has 0 aliphatic carbocycles. The summed E-state index contributed by atoms with van der Waals surface area (Å²) in [4.78, 5) is 13.6. The molecule has 4 heterocycles. The maximum Gasteiger partial charge on any atom is 0.418 e. The van der Waals surface area contributed by atoms with E-state index in [0.717, 1.165) is 66.7 Å². The lowest BCUT2D eigenvalue weighted by Gasteiger charge is -2.37. The van der Waals surface area contributed by atoms with Crippen molar-refractivity contribution in [2.75, 3.05) is 64.2 Å². The van der Waals surface area contributed by atoms with E-state index in [1.165, 1.54) is 6.07 Å². The van der Waals surface area contributed by atoms with Gasteiger partial charge in [0.15, 0.2) is 0 Å². The first-order chi connectivity index (χ1) is 19.6. The van der Waals surface area contributed by atoms with Crippen molar-refractivity contribution in [2.24, 2.45) is 0 Å². The summed E-state index contributed by atoms with van der Waals surface area (Å²) < 4.78 is 45.2. The minimum Gasteiger partial charge on any atom is -0.371 e. The van der Waals surface area contributed by atoms with Crippen LogP contribution >= 0.6 is 0 Å². The second-order valence-electron chi connectivity index (χ2n) is 12.0. The van der Waals surface area contributed by atoms with Gasteiger partial charge in [-0.05, 0) is 101 Å². The first-order valence-electron chi connectivity index (χ1n) is 14.6. The van der Waals surface area contributed by atoms with Gasteiger partial charge in [-0.2, -0.15) is 13.2 Å². The van der Waals surface area contributed by atoms with Crippen molar-refractivity contribution in [3.63, 3.8) is 0 Å². The van der Waals surface area contributed by atoms with E-state index in [0.29, 0.717) is 30.7 Å². The van der Waals surface area contributed by atoms with Crippen molar-refractivity contribution in [2.45, 2.75) is 43.9 Å². The molecule has 0 spiro atoms. The van der Waals surface area contributed by atoms with Crippen LogP contribution < -0.4 is 9.80 Å². The van der Waals surface area contributed by atoms with Crippen molar-refractivity contribution in [1.82, 2.24) is 19.2 Å². The Balaban J connectivity index is 1.36. The SMILES string of the molecule is CN(C)C1CCN(c2ccc(-c3ccc4nc5cccc(N6CCC(N(C)C)CC6)c5n4c3)cc2C(F)(F)F)CC1. The van der Waals surface area contributed by atoms with Crippen molar-refractivity contribution < 1.29 is 13.2 Å². The zero-order chi connectivity index (χ0) is 28.9. The fourth-order valence-electron chi connectivity index (χ4n) is 6.63. The molecule has 2 aliphatic heterocycles. The third-order valence-electron chi connectivity index (χ3n) is 9.10. The lowest BCUT2D eigenvalue weighted by atomic mass is 9.99. The predicted octanol–water partition coefficient (Wildman–Crippen LogP) is 6.23. The molecule has 0 saturated carbocycles. The molecule has 2 aliphatic rings. The van der Waals surface area contributed by atoms with Gasteiger partial charge in [-0.3, -0.25) is 4.40 Å². The first-order valence-corrected chi connectivity index (χ1v) is 14.6. The number of halogens is 3. The van der Waals surface area contributed by atoms with E-state index in [4.69, 9.17) is 4.98 Å². The van der Waals surface area contributed by atoms with Crippen LogP contribution in [-0.2, 0) is 6.18 Å². The predicted molar refractivity (Wildman–Crippen MR) is 161 cm³/mol. The number of hydrogen-bond acceptors (Lipinski definition) is 5. The molecule has 218 valence electrons. The molecule has 2 aromatic carbocycles. The van der Waals surface area contributed by atoms with Gasteiger partial charge in [-0.1, -0.05) is 12.1 Å². The van der Waals surface area contributed by atoms with Crippen LogP contribution in [0.3, 0.4) is 0 Å². The number of rotatable bonds is 5. The number of fused-ring (bicyclic) bond motifs is 3. The average Bonchev–Trinajstić information content (AvgIpc) is 3.34. The van der Waals surface area contributed by atoms with Gasteiger partial charge >= 0.3 is 6.18 Å². The third kappa shape index (κ3) is 5.37. The second-order valence-corrected chi connectivity index (χ2v) is 12.0. The molecule has 2 fully saturated rings. The molecule has 0 unspecified atom stereocenters. The Morgan fingerprint density at radius 1 is 0.732 bits per heavy atom. The van der Waals surface area contributed by atoms with Gasteiger partial charge in [0, 0.05) is 50.1 Å². The summed E-state index contributed by atoms with van der Waals surface area (Å²) in [7, 11) is 8.34. The summed E-state index contributed by atoms with van der Waals surface area (Å²) in [5.74, 6) is 0. The topological polar surface area (TPSA) is 30.3 Å². The Morgan fingerprint density at radius 3 is 1.90 bits per heavy atom. The van der Waals surface area contributed by atoms with E-state index in [1.54, 1.807) is 6.07 Å². The van der Waals surface area contributed by atoms with E-state index in [2.05, 4.69) is 34.9 Å². The van der Waals surface area contributed by atoms with Gasteiger partial charge in [0.25, 0.3) is 0 Å². The van der Waals surface area contributed by atoms with Crippen molar-refractivity contribution in [3.05, 3.63) is 60.3 Å². The summed E-state index contributed by atoms with van der Waals surface area (Å²) >= 11 is 0. The van der Waals surface area contributed by atoms with Crippen LogP contribution in [0.1, 0.15) is 31.2 Å². The number of pyridine rings is 1. The van der Waals surface area contributed by atoms with Crippen molar-refractivity contribution in [1.29, 1.82) is 0 Å². The highest BCUT2D eigenvalue weighted by molar-refractivity contribution is 5.92. The van der Waals surface area contributed by atoms with E-state index >= 15 is 0 Å². The molecule has 2 saturated heterocycles. The Morgan fingerprint density at radius 2 is 1.32 bits per heavy atom. The fraction of sp³-hybridized carbons (Fsp3) is 0.469. The normalized spacial score (nSPS) is 18.0. The number of alkyl halides is 3. The molecule has 0 amide bonds. The standard InChI is InChI=1S/C32H39F3N6/c1-37(2)24-12-16-39(17-13-24)28-10-8-22(20-26(28)32(33,34)35)23-9-11-30-36-27-6-5-7-29(31(27)41(30)21-23)40-18-14-25(15-19-40)38(3)4/h5-11,20-21,24-25H,12-19H2,1-4H3. The monoisotopic (exact) mass is 564 g/mol. The van der Waals surface area contributed by atoms with Gasteiger partial charge in [0.2, 0.25) is 0 Å². The number of piperidine rings is 2. The lowest BCUT2D eigenvalue weighted by Crippen LogP contribution is -2.42. The highest BCUT2D eigenvalue weighted by Gasteiger charge is 2.36. The van der Waals surface area contributed by atoms with Crippen LogP contribution in [-0.4, -0.2) is 85.6 Å². The summed E-state index contributed by atoms with van der Waals surface area (Å²) in [6.07, 6.45) is 1.38. The zero-order valence-corrected chi connectivity index (χ0v) is 24.3. The largest absolute Gasteiger partial charge is 0.418 e. The maximum absolute atomic E-state index is 14.4. The minimum atomic E-state index is -4.44. The molecule has 4 aromatic rings. The highest BCUT2D eigenvalue weighted by atomic mass is 19.4. The summed E-state index contributed by atoms with van der Waals surface area (Å²) in [5.41, 5.74) is 4.80. The fourth-order valence-corrected chi connectivity index (χ4v) is 6.63. The van der Waals surface area contributed by atoms with Gasteiger partial charge < -0.3 is 19.6 Å². The molecule has 6 rings (SSSR count). The molecular weight excluding hydrogens is 525 g/mol. The number of anilines is 2. The number of hydrogen-bond donors (Lipinski definition) is 0. The first kappa shape index (κ1) is 27.8. The molecule has 0 N–H and O–H groups in total. The van der Waals surface area contributed by atoms with Gasteiger partial charge in [-0.15, -0.1) is 0 Å². The van der Waals surface area contributed by atoms with E-state index in [-0.39, 0.29) is 5.69 Å². The summed E-state index contributed by atoms with van der Waals surface area (Å²) in [6.45, 7) is 3.15. The smallest absolute Gasteiger partial charge is 0.371 e. The van der Waals surface area contributed by atoms with E-state index < -0.39 is 11.7 Å². The quantitative estimate of drug-likeness (QED) is 0.287. The van der Waals surface area contributed by atoms with E-state index in [1.807, 2.05) is 59.9 Å². The van der Waals surface area contributed by atoms with Crippen LogP contribution in [0.15, 0.2) is 54.7 Å². The van der Waals surface area contributed by atoms with Crippen LogP contribution in [0.2, 0.25) is 0 Å². The van der Waals surface area contributed by atoms with Gasteiger partial charge in [-0.25, -0.2) is 4.98 Å². The highest BCUT2D eigenvalue weighted by Crippen LogP contribution is 2.40. The molecule has 9 heteroatoms. The summed E-state index contributed by atoms with van der Waals surface area (Å²) in [6, 6.07) is 15.7. The molecular formula is C32H39F3N6. The van der Waals surface area contributed by atoms with Crippen LogP contribution in [0, 0.1) is 0 Å². The van der Waals surface area contributed by atoms with Crippen molar-refractivity contribution >= 4 is 28.1 Å². The Hall–Kier alpha value is -3.30.